The maximum absolute atomic E-state index is 14.0. The van der Waals surface area contributed by atoms with Gasteiger partial charge in [-0.15, -0.1) is 0 Å². The van der Waals surface area contributed by atoms with E-state index in [2.05, 4.69) is 10.2 Å². The lowest BCUT2D eigenvalue weighted by Gasteiger charge is -2.37. The summed E-state index contributed by atoms with van der Waals surface area (Å²) in [6.45, 7) is 3.00. The third kappa shape index (κ3) is 5.42. The number of amides is 1. The first-order chi connectivity index (χ1) is 14.4. The summed E-state index contributed by atoms with van der Waals surface area (Å²) in [5.41, 5.74) is -0.234. The van der Waals surface area contributed by atoms with Gasteiger partial charge in [0.1, 0.15) is 6.42 Å². The summed E-state index contributed by atoms with van der Waals surface area (Å²) < 4.78 is 54.1. The SMILES string of the molecule is N#CCC(=O)N[C@H]1CC[C@H](CCN2CCN(c3cc(F)c(F)c(F)c3F)CC2)CC1. The van der Waals surface area contributed by atoms with Crippen molar-refractivity contribution in [3.05, 3.63) is 29.3 Å². The average Bonchev–Trinajstić information content (AvgIpc) is 2.75. The van der Waals surface area contributed by atoms with Gasteiger partial charge in [-0.2, -0.15) is 5.26 Å². The lowest BCUT2D eigenvalue weighted by Crippen LogP contribution is -2.47. The van der Waals surface area contributed by atoms with E-state index < -0.39 is 23.3 Å². The van der Waals surface area contributed by atoms with Gasteiger partial charge in [-0.1, -0.05) is 0 Å². The standard InChI is InChI=1S/C21H26F4N4O/c22-16-13-17(20(24)21(25)19(16)23)29-11-9-28(10-12-29)8-6-14-1-3-15(4-2-14)27-18(30)5-7-26/h13-15H,1-6,8-12H2,(H,27,30)/t14-,15-. The van der Waals surface area contributed by atoms with Crippen molar-refractivity contribution in [1.82, 2.24) is 10.2 Å². The van der Waals surface area contributed by atoms with Crippen molar-refractivity contribution in [3.8, 4) is 6.07 Å². The summed E-state index contributed by atoms with van der Waals surface area (Å²) >= 11 is 0. The molecule has 1 amide bonds. The van der Waals surface area contributed by atoms with E-state index in [0.717, 1.165) is 44.7 Å². The molecular formula is C21H26F4N4O. The van der Waals surface area contributed by atoms with Crippen molar-refractivity contribution < 1.29 is 22.4 Å². The number of nitrogens with one attached hydrogen (secondary N) is 1. The highest BCUT2D eigenvalue weighted by Crippen LogP contribution is 2.29. The number of hydrogen-bond acceptors (Lipinski definition) is 4. The van der Waals surface area contributed by atoms with Crippen LogP contribution in [-0.4, -0.2) is 49.6 Å². The second-order valence-electron chi connectivity index (χ2n) is 8.06. The molecule has 0 aromatic heterocycles. The Bertz CT molecular complexity index is 797. The van der Waals surface area contributed by atoms with Crippen molar-refractivity contribution in [1.29, 1.82) is 5.26 Å². The highest BCUT2D eigenvalue weighted by Gasteiger charge is 2.26. The van der Waals surface area contributed by atoms with E-state index in [1.807, 2.05) is 6.07 Å². The zero-order chi connectivity index (χ0) is 21.7. The van der Waals surface area contributed by atoms with Gasteiger partial charge in [0.15, 0.2) is 23.3 Å². The zero-order valence-electron chi connectivity index (χ0n) is 16.8. The number of carbonyl (C=O) groups excluding carboxylic acids is 1. The topological polar surface area (TPSA) is 59.4 Å². The summed E-state index contributed by atoms with van der Waals surface area (Å²) in [7, 11) is 0. The molecule has 0 unspecified atom stereocenters. The lowest BCUT2D eigenvalue weighted by atomic mass is 9.84. The van der Waals surface area contributed by atoms with Gasteiger partial charge in [0.2, 0.25) is 5.91 Å². The van der Waals surface area contributed by atoms with Gasteiger partial charge < -0.3 is 10.2 Å². The maximum atomic E-state index is 14.0. The number of nitriles is 1. The van der Waals surface area contributed by atoms with E-state index in [0.29, 0.717) is 32.1 Å². The van der Waals surface area contributed by atoms with Crippen molar-refractivity contribution in [2.75, 3.05) is 37.6 Å². The molecule has 1 aliphatic heterocycles. The van der Waals surface area contributed by atoms with Gasteiger partial charge in [0, 0.05) is 38.3 Å². The lowest BCUT2D eigenvalue weighted by molar-refractivity contribution is -0.121. The fourth-order valence-corrected chi connectivity index (χ4v) is 4.31. The van der Waals surface area contributed by atoms with Crippen LogP contribution >= 0.6 is 0 Å². The highest BCUT2D eigenvalue weighted by molar-refractivity contribution is 5.78. The molecule has 1 N–H and O–H groups in total. The Labute approximate surface area is 173 Å². The van der Waals surface area contributed by atoms with E-state index >= 15 is 0 Å². The molecule has 164 valence electrons. The van der Waals surface area contributed by atoms with Gasteiger partial charge >= 0.3 is 0 Å². The Kier molecular flexibility index (Phi) is 7.53. The summed E-state index contributed by atoms with van der Waals surface area (Å²) in [5.74, 6) is -5.92. The molecule has 0 radical (unpaired) electrons. The molecular weight excluding hydrogens is 400 g/mol. The number of piperazine rings is 1. The van der Waals surface area contributed by atoms with Crippen LogP contribution in [0.4, 0.5) is 23.2 Å². The number of benzene rings is 1. The average molecular weight is 426 g/mol. The van der Waals surface area contributed by atoms with Crippen LogP contribution in [0.2, 0.25) is 0 Å². The fraction of sp³-hybridized carbons (Fsp3) is 0.619. The third-order valence-electron chi connectivity index (χ3n) is 6.10. The van der Waals surface area contributed by atoms with Crippen LogP contribution < -0.4 is 10.2 Å². The fourth-order valence-electron chi connectivity index (χ4n) is 4.31. The Morgan fingerprint density at radius 1 is 1.03 bits per heavy atom. The first-order valence-electron chi connectivity index (χ1n) is 10.4. The van der Waals surface area contributed by atoms with E-state index in [9.17, 15) is 22.4 Å². The van der Waals surface area contributed by atoms with Gasteiger partial charge in [-0.25, -0.2) is 17.6 Å². The summed E-state index contributed by atoms with van der Waals surface area (Å²) in [6, 6.07) is 2.72. The van der Waals surface area contributed by atoms with E-state index in [-0.39, 0.29) is 24.1 Å². The minimum absolute atomic E-state index is 0.104. The molecule has 3 rings (SSSR count). The monoisotopic (exact) mass is 426 g/mol. The number of hydrogen-bond donors (Lipinski definition) is 1. The van der Waals surface area contributed by atoms with Crippen LogP contribution in [0.1, 0.15) is 38.5 Å². The Morgan fingerprint density at radius 2 is 1.70 bits per heavy atom. The Morgan fingerprint density at radius 3 is 2.33 bits per heavy atom. The van der Waals surface area contributed by atoms with Crippen LogP contribution in [0.3, 0.4) is 0 Å². The second kappa shape index (κ2) is 10.1. The molecule has 2 fully saturated rings. The number of anilines is 1. The summed E-state index contributed by atoms with van der Waals surface area (Å²) in [4.78, 5) is 15.3. The molecule has 1 saturated heterocycles. The highest BCUT2D eigenvalue weighted by atomic mass is 19.2. The molecule has 1 heterocycles. The first kappa shape index (κ1) is 22.3. The molecule has 5 nitrogen and oxygen atoms in total. The largest absolute Gasteiger partial charge is 0.366 e. The second-order valence-corrected chi connectivity index (χ2v) is 8.06. The predicted octanol–water partition coefficient (Wildman–Crippen LogP) is 3.34. The van der Waals surface area contributed by atoms with Crippen molar-refractivity contribution in [2.45, 2.75) is 44.6 Å². The normalized spacial score (nSPS) is 22.6. The van der Waals surface area contributed by atoms with Gasteiger partial charge in [-0.05, 0) is 44.6 Å². The van der Waals surface area contributed by atoms with Crippen LogP contribution in [0, 0.1) is 40.5 Å². The molecule has 9 heteroatoms. The minimum atomic E-state index is -1.78. The van der Waals surface area contributed by atoms with E-state index in [4.69, 9.17) is 5.26 Å². The number of rotatable bonds is 6. The molecule has 1 saturated carbocycles. The van der Waals surface area contributed by atoms with Crippen molar-refractivity contribution in [2.24, 2.45) is 5.92 Å². The van der Waals surface area contributed by atoms with Gasteiger partial charge in [-0.3, -0.25) is 9.69 Å². The van der Waals surface area contributed by atoms with Gasteiger partial charge in [0.25, 0.3) is 0 Å². The summed E-state index contributed by atoms with van der Waals surface area (Å²) in [6.07, 6.45) is 4.79. The van der Waals surface area contributed by atoms with Crippen LogP contribution in [0.5, 0.6) is 0 Å². The number of carbonyl (C=O) groups is 1. The van der Waals surface area contributed by atoms with Crippen LogP contribution in [0.15, 0.2) is 6.07 Å². The minimum Gasteiger partial charge on any atom is -0.366 e. The molecule has 0 bridgehead atoms. The van der Waals surface area contributed by atoms with Gasteiger partial charge in [0.05, 0.1) is 11.8 Å². The van der Waals surface area contributed by atoms with E-state index in [1.54, 1.807) is 4.90 Å². The number of halogens is 4. The van der Waals surface area contributed by atoms with Crippen molar-refractivity contribution >= 4 is 11.6 Å². The first-order valence-corrected chi connectivity index (χ1v) is 10.4. The molecule has 2 aliphatic rings. The van der Waals surface area contributed by atoms with Crippen LogP contribution in [-0.2, 0) is 4.79 Å². The van der Waals surface area contributed by atoms with Crippen LogP contribution in [0.25, 0.3) is 0 Å². The Hall–Kier alpha value is -2.34. The molecule has 1 aromatic rings. The molecule has 0 spiro atoms. The molecule has 1 aliphatic carbocycles. The van der Waals surface area contributed by atoms with E-state index in [1.165, 1.54) is 0 Å². The zero-order valence-corrected chi connectivity index (χ0v) is 16.8. The third-order valence-corrected chi connectivity index (χ3v) is 6.10. The quantitative estimate of drug-likeness (QED) is 0.431. The Balaban J connectivity index is 1.40. The molecule has 30 heavy (non-hydrogen) atoms. The van der Waals surface area contributed by atoms with Crippen molar-refractivity contribution in [3.63, 3.8) is 0 Å². The molecule has 1 aromatic carbocycles. The molecule has 0 atom stereocenters. The number of nitrogens with zero attached hydrogens (tertiary/aromatic N) is 3. The summed E-state index contributed by atoms with van der Waals surface area (Å²) in [5, 5.41) is 11.4. The maximum Gasteiger partial charge on any atom is 0.234 e. The predicted molar refractivity (Wildman–Crippen MR) is 104 cm³/mol. The smallest absolute Gasteiger partial charge is 0.234 e.